The monoisotopic (exact) mass is 310 g/mol. The summed E-state index contributed by atoms with van der Waals surface area (Å²) < 4.78 is 0. The topological polar surface area (TPSA) is 53.6 Å². The second-order valence-corrected chi connectivity index (χ2v) is 5.79. The highest BCUT2D eigenvalue weighted by molar-refractivity contribution is 7.80. The van der Waals surface area contributed by atoms with Crippen LogP contribution in [0, 0.1) is 0 Å². The average molecular weight is 311 g/mol. The highest BCUT2D eigenvalue weighted by Crippen LogP contribution is 2.20. The van der Waals surface area contributed by atoms with E-state index in [4.69, 9.17) is 29.6 Å². The molecule has 6 heteroatoms. The van der Waals surface area contributed by atoms with Gasteiger partial charge in [0.05, 0.1) is 0 Å². The first-order valence-electron chi connectivity index (χ1n) is 6.72. The van der Waals surface area contributed by atoms with E-state index < -0.39 is 0 Å². The van der Waals surface area contributed by atoms with E-state index in [-0.39, 0.29) is 5.11 Å². The van der Waals surface area contributed by atoms with Crippen LogP contribution in [0.5, 0.6) is 0 Å². The largest absolute Gasteiger partial charge is 0.375 e. The van der Waals surface area contributed by atoms with Gasteiger partial charge in [0.25, 0.3) is 0 Å². The van der Waals surface area contributed by atoms with Gasteiger partial charge in [0.2, 0.25) is 0 Å². The molecule has 20 heavy (non-hydrogen) atoms. The fourth-order valence-corrected chi connectivity index (χ4v) is 2.70. The van der Waals surface area contributed by atoms with E-state index in [1.54, 1.807) is 0 Å². The Balaban J connectivity index is 1.99. The second-order valence-electron chi connectivity index (χ2n) is 4.92. The van der Waals surface area contributed by atoms with Crippen molar-refractivity contribution in [2.24, 2.45) is 10.8 Å². The van der Waals surface area contributed by atoms with Gasteiger partial charge < -0.3 is 5.73 Å². The smallest absolute Gasteiger partial charge is 0.184 e. The van der Waals surface area contributed by atoms with Crippen molar-refractivity contribution in [2.45, 2.75) is 31.8 Å². The van der Waals surface area contributed by atoms with E-state index in [0.717, 1.165) is 24.5 Å². The number of nitrogens with zero attached hydrogens (tertiary/aromatic N) is 2. The molecule has 1 aromatic rings. The highest BCUT2D eigenvalue weighted by atomic mass is 35.5. The van der Waals surface area contributed by atoms with Crippen LogP contribution in [-0.4, -0.2) is 28.8 Å². The zero-order chi connectivity index (χ0) is 14.4. The van der Waals surface area contributed by atoms with Crippen LogP contribution >= 0.6 is 23.8 Å². The number of halogens is 1. The van der Waals surface area contributed by atoms with E-state index in [1.807, 2.05) is 24.4 Å². The number of hydrazone groups is 1. The van der Waals surface area contributed by atoms with Gasteiger partial charge in [0.1, 0.15) is 0 Å². The Bertz CT molecular complexity index is 492. The Morgan fingerprint density at radius 1 is 1.55 bits per heavy atom. The first kappa shape index (κ1) is 15.2. The van der Waals surface area contributed by atoms with Crippen molar-refractivity contribution in [3.8, 4) is 0 Å². The van der Waals surface area contributed by atoms with Gasteiger partial charge in [-0.2, -0.15) is 5.10 Å². The van der Waals surface area contributed by atoms with Crippen molar-refractivity contribution >= 4 is 35.1 Å². The molecule has 1 aromatic carbocycles. The van der Waals surface area contributed by atoms with Gasteiger partial charge in [-0.3, -0.25) is 10.3 Å². The summed E-state index contributed by atoms with van der Waals surface area (Å²) in [4.78, 5) is 2.40. The van der Waals surface area contributed by atoms with Gasteiger partial charge >= 0.3 is 0 Å². The maximum atomic E-state index is 6.03. The Kier molecular flexibility index (Phi) is 5.76. The van der Waals surface area contributed by atoms with Crippen molar-refractivity contribution in [3.05, 3.63) is 34.9 Å². The predicted octanol–water partition coefficient (Wildman–Crippen LogP) is 2.51. The average Bonchev–Trinajstić information content (AvgIpc) is 2.40. The van der Waals surface area contributed by atoms with Crippen LogP contribution in [0.25, 0.3) is 0 Å². The summed E-state index contributed by atoms with van der Waals surface area (Å²) in [7, 11) is 0. The van der Waals surface area contributed by atoms with Crippen molar-refractivity contribution < 1.29 is 0 Å². The molecule has 0 amide bonds. The molecule has 0 radical (unpaired) electrons. The molecule has 1 unspecified atom stereocenters. The molecule has 1 fully saturated rings. The standard InChI is InChI=1S/C14H19ClN4S/c15-12-5-3-4-11(8-12)10-19-7-2-1-6-13(19)9-17-18-14(16)20/h3-5,8-9,13H,1-2,6-7,10H2,(H3,16,18,20)/b17-9+. The van der Waals surface area contributed by atoms with Gasteiger partial charge in [-0.25, -0.2) is 0 Å². The van der Waals surface area contributed by atoms with E-state index >= 15 is 0 Å². The Labute approximate surface area is 130 Å². The minimum Gasteiger partial charge on any atom is -0.375 e. The van der Waals surface area contributed by atoms with E-state index in [0.29, 0.717) is 6.04 Å². The van der Waals surface area contributed by atoms with Crippen molar-refractivity contribution in [3.63, 3.8) is 0 Å². The van der Waals surface area contributed by atoms with Gasteiger partial charge in [0.15, 0.2) is 5.11 Å². The molecule has 1 aliphatic rings. The third-order valence-electron chi connectivity index (χ3n) is 3.36. The summed E-state index contributed by atoms with van der Waals surface area (Å²) in [5.74, 6) is 0. The van der Waals surface area contributed by atoms with Gasteiger partial charge in [-0.15, -0.1) is 0 Å². The highest BCUT2D eigenvalue weighted by Gasteiger charge is 2.20. The van der Waals surface area contributed by atoms with Crippen LogP contribution < -0.4 is 11.2 Å². The number of benzene rings is 1. The number of nitrogens with one attached hydrogen (secondary N) is 1. The molecule has 0 bridgehead atoms. The molecule has 0 saturated carbocycles. The van der Waals surface area contributed by atoms with Crippen LogP contribution in [0.4, 0.5) is 0 Å². The molecule has 0 aliphatic carbocycles. The third kappa shape index (κ3) is 4.74. The summed E-state index contributed by atoms with van der Waals surface area (Å²) in [5.41, 5.74) is 9.20. The molecule has 3 N–H and O–H groups in total. The first-order chi connectivity index (χ1) is 9.65. The summed E-state index contributed by atoms with van der Waals surface area (Å²) in [6.45, 7) is 1.95. The second kappa shape index (κ2) is 7.57. The molecule has 1 atom stereocenters. The normalized spacial score (nSPS) is 20.1. The molecule has 1 aliphatic heterocycles. The number of likely N-dealkylation sites (tertiary alicyclic amines) is 1. The van der Waals surface area contributed by atoms with Gasteiger partial charge in [0, 0.05) is 23.8 Å². The summed E-state index contributed by atoms with van der Waals surface area (Å²) in [6.07, 6.45) is 5.43. The lowest BCUT2D eigenvalue weighted by Crippen LogP contribution is -2.40. The number of nitrogens with two attached hydrogens (primary N) is 1. The van der Waals surface area contributed by atoms with Gasteiger partial charge in [-0.05, 0) is 49.3 Å². The van der Waals surface area contributed by atoms with Crippen LogP contribution in [0.3, 0.4) is 0 Å². The lowest BCUT2D eigenvalue weighted by Gasteiger charge is -2.33. The number of rotatable bonds is 4. The molecule has 2 rings (SSSR count). The number of piperidine rings is 1. The van der Waals surface area contributed by atoms with Crippen molar-refractivity contribution in [1.82, 2.24) is 10.3 Å². The molecular weight excluding hydrogens is 292 g/mol. The minimum absolute atomic E-state index is 0.193. The number of thiocarbonyl (C=S) groups is 1. The Morgan fingerprint density at radius 2 is 2.40 bits per heavy atom. The lowest BCUT2D eigenvalue weighted by molar-refractivity contribution is 0.186. The summed E-state index contributed by atoms with van der Waals surface area (Å²) in [6, 6.07) is 8.30. The molecule has 4 nitrogen and oxygen atoms in total. The number of hydrogen-bond acceptors (Lipinski definition) is 3. The summed E-state index contributed by atoms with van der Waals surface area (Å²) >= 11 is 10.8. The Morgan fingerprint density at radius 3 is 3.15 bits per heavy atom. The maximum absolute atomic E-state index is 6.03. The van der Waals surface area contributed by atoms with Crippen LogP contribution in [0.1, 0.15) is 24.8 Å². The zero-order valence-electron chi connectivity index (χ0n) is 11.3. The fourth-order valence-electron chi connectivity index (χ4n) is 2.44. The maximum Gasteiger partial charge on any atom is 0.184 e. The Hall–Kier alpha value is -1.17. The van der Waals surface area contributed by atoms with Crippen molar-refractivity contribution in [1.29, 1.82) is 0 Å². The molecule has 0 spiro atoms. The van der Waals surface area contributed by atoms with Crippen LogP contribution in [0.2, 0.25) is 5.02 Å². The fraction of sp³-hybridized carbons (Fsp3) is 0.429. The molecule has 0 aromatic heterocycles. The third-order valence-corrected chi connectivity index (χ3v) is 3.69. The minimum atomic E-state index is 0.193. The van der Waals surface area contributed by atoms with E-state index in [2.05, 4.69) is 21.5 Å². The quantitative estimate of drug-likeness (QED) is 0.510. The predicted molar refractivity (Wildman–Crippen MR) is 87.9 cm³/mol. The lowest BCUT2D eigenvalue weighted by atomic mass is 10.0. The van der Waals surface area contributed by atoms with Gasteiger partial charge in [-0.1, -0.05) is 30.2 Å². The SMILES string of the molecule is NC(=S)N/N=C/C1CCCCN1Cc1cccc(Cl)c1. The van der Waals surface area contributed by atoms with Crippen LogP contribution in [-0.2, 0) is 6.54 Å². The molecular formula is C14H19ClN4S. The van der Waals surface area contributed by atoms with Crippen LogP contribution in [0.15, 0.2) is 29.4 Å². The molecule has 108 valence electrons. The molecule has 1 saturated heterocycles. The zero-order valence-corrected chi connectivity index (χ0v) is 12.8. The molecule has 1 heterocycles. The first-order valence-corrected chi connectivity index (χ1v) is 7.51. The van der Waals surface area contributed by atoms with Crippen molar-refractivity contribution in [2.75, 3.05) is 6.54 Å². The van der Waals surface area contributed by atoms with E-state index in [1.165, 1.54) is 18.4 Å². The number of hydrogen-bond donors (Lipinski definition) is 2. The van der Waals surface area contributed by atoms with E-state index in [9.17, 15) is 0 Å². The summed E-state index contributed by atoms with van der Waals surface area (Å²) in [5, 5.41) is 5.07.